The van der Waals surface area contributed by atoms with Crippen LogP contribution in [0.4, 0.5) is 0 Å². The van der Waals surface area contributed by atoms with Crippen LogP contribution < -0.4 is 0 Å². The van der Waals surface area contributed by atoms with Gasteiger partial charge in [0.05, 0.1) is 0 Å². The van der Waals surface area contributed by atoms with Crippen molar-refractivity contribution in [2.45, 2.75) is 24.5 Å². The molecule has 0 aromatic carbocycles. The average Bonchev–Trinajstić information content (AvgIpc) is 2.34. The lowest BCUT2D eigenvalue weighted by Gasteiger charge is -2.03. The molecule has 1 rings (SSSR count). The standard InChI is InChI=1S/C7H12OS2/c1-10-7(8)5-2-3-6(9)4-5/h5-6,9H,2-4H2,1H3/t5?,6-/m0/s1. The van der Waals surface area contributed by atoms with Gasteiger partial charge in [-0.15, -0.1) is 0 Å². The SMILES string of the molecule is CSC(=O)C1CC[C@H](S)C1. The summed E-state index contributed by atoms with van der Waals surface area (Å²) in [5.41, 5.74) is 0. The summed E-state index contributed by atoms with van der Waals surface area (Å²) in [6, 6.07) is 0. The van der Waals surface area contributed by atoms with Gasteiger partial charge in [-0.25, -0.2) is 0 Å². The molecule has 0 amide bonds. The first-order chi connectivity index (χ1) is 4.74. The lowest BCUT2D eigenvalue weighted by atomic mass is 10.1. The molecule has 58 valence electrons. The topological polar surface area (TPSA) is 17.1 Å². The van der Waals surface area contributed by atoms with Gasteiger partial charge in [-0.05, 0) is 25.5 Å². The molecule has 1 aliphatic rings. The molecule has 0 bridgehead atoms. The van der Waals surface area contributed by atoms with Gasteiger partial charge in [0, 0.05) is 11.2 Å². The van der Waals surface area contributed by atoms with Crippen LogP contribution in [0, 0.1) is 5.92 Å². The molecule has 3 heteroatoms. The summed E-state index contributed by atoms with van der Waals surface area (Å²) in [6.45, 7) is 0. The van der Waals surface area contributed by atoms with E-state index in [4.69, 9.17) is 0 Å². The Morgan fingerprint density at radius 2 is 2.30 bits per heavy atom. The highest BCUT2D eigenvalue weighted by atomic mass is 32.2. The predicted octanol–water partition coefficient (Wildman–Crippen LogP) is 1.97. The molecule has 1 aliphatic carbocycles. The Kier molecular flexibility index (Phi) is 3.11. The molecule has 2 atom stereocenters. The molecule has 0 aromatic rings. The number of thioether (sulfide) groups is 1. The van der Waals surface area contributed by atoms with Gasteiger partial charge in [0.15, 0.2) is 5.12 Å². The largest absolute Gasteiger partial charge is 0.287 e. The van der Waals surface area contributed by atoms with Crippen molar-refractivity contribution in [2.75, 3.05) is 6.26 Å². The van der Waals surface area contributed by atoms with Crippen LogP contribution in [-0.4, -0.2) is 16.6 Å². The normalized spacial score (nSPS) is 32.6. The lowest BCUT2D eigenvalue weighted by molar-refractivity contribution is -0.114. The predicted molar refractivity (Wildman–Crippen MR) is 48.6 cm³/mol. The molecular formula is C7H12OS2. The Bertz CT molecular complexity index is 136. The van der Waals surface area contributed by atoms with E-state index in [1.54, 1.807) is 0 Å². The summed E-state index contributed by atoms with van der Waals surface area (Å²) >= 11 is 5.67. The molecule has 1 unspecified atom stereocenters. The zero-order chi connectivity index (χ0) is 7.56. The second-order valence-corrected chi connectivity index (χ2v) is 4.23. The summed E-state index contributed by atoms with van der Waals surface area (Å²) in [4.78, 5) is 11.1. The Hall–Kier alpha value is 0.370. The van der Waals surface area contributed by atoms with Crippen molar-refractivity contribution in [1.82, 2.24) is 0 Å². The number of rotatable bonds is 1. The van der Waals surface area contributed by atoms with Gasteiger partial charge in [-0.1, -0.05) is 11.8 Å². The smallest absolute Gasteiger partial charge is 0.191 e. The fraction of sp³-hybridized carbons (Fsp3) is 0.857. The molecule has 0 aromatic heterocycles. The van der Waals surface area contributed by atoms with E-state index in [1.165, 1.54) is 11.8 Å². The molecule has 1 saturated carbocycles. The van der Waals surface area contributed by atoms with Crippen LogP contribution in [0.1, 0.15) is 19.3 Å². The third-order valence-electron chi connectivity index (χ3n) is 1.94. The first-order valence-corrected chi connectivity index (χ1v) is 5.24. The highest BCUT2D eigenvalue weighted by Gasteiger charge is 2.26. The van der Waals surface area contributed by atoms with Crippen LogP contribution in [0.3, 0.4) is 0 Å². The van der Waals surface area contributed by atoms with E-state index in [1.807, 2.05) is 6.26 Å². The van der Waals surface area contributed by atoms with Gasteiger partial charge in [-0.2, -0.15) is 12.6 Å². The van der Waals surface area contributed by atoms with Gasteiger partial charge >= 0.3 is 0 Å². The summed E-state index contributed by atoms with van der Waals surface area (Å²) in [6.07, 6.45) is 5.00. The minimum absolute atomic E-state index is 0.303. The number of thiol groups is 1. The Morgan fingerprint density at radius 3 is 2.70 bits per heavy atom. The zero-order valence-corrected chi connectivity index (χ0v) is 7.75. The maximum absolute atomic E-state index is 11.1. The fourth-order valence-electron chi connectivity index (χ4n) is 1.34. The van der Waals surface area contributed by atoms with E-state index in [-0.39, 0.29) is 0 Å². The Morgan fingerprint density at radius 1 is 1.60 bits per heavy atom. The first-order valence-electron chi connectivity index (χ1n) is 3.50. The molecule has 0 N–H and O–H groups in total. The molecule has 1 nitrogen and oxygen atoms in total. The van der Waals surface area contributed by atoms with E-state index >= 15 is 0 Å². The third-order valence-corrected chi connectivity index (χ3v) is 3.14. The van der Waals surface area contributed by atoms with Crippen LogP contribution in [0.25, 0.3) is 0 Å². The van der Waals surface area contributed by atoms with Gasteiger partial charge in [0.2, 0.25) is 0 Å². The lowest BCUT2D eigenvalue weighted by Crippen LogP contribution is -2.06. The molecule has 0 spiro atoms. The third kappa shape index (κ3) is 1.92. The quantitative estimate of drug-likeness (QED) is 0.615. The summed E-state index contributed by atoms with van der Waals surface area (Å²) in [5, 5.41) is 0.817. The van der Waals surface area contributed by atoms with E-state index < -0.39 is 0 Å². The molecule has 0 radical (unpaired) electrons. The molecular weight excluding hydrogens is 164 g/mol. The maximum atomic E-state index is 11.1. The van der Waals surface area contributed by atoms with Crippen LogP contribution in [-0.2, 0) is 4.79 Å². The summed E-state index contributed by atoms with van der Waals surface area (Å²) in [5.74, 6) is 0.303. The van der Waals surface area contributed by atoms with E-state index in [0.29, 0.717) is 16.3 Å². The van der Waals surface area contributed by atoms with E-state index in [9.17, 15) is 4.79 Å². The monoisotopic (exact) mass is 176 g/mol. The number of hydrogen-bond acceptors (Lipinski definition) is 3. The van der Waals surface area contributed by atoms with Crippen molar-refractivity contribution in [3.05, 3.63) is 0 Å². The first kappa shape index (κ1) is 8.47. The van der Waals surface area contributed by atoms with Crippen molar-refractivity contribution in [1.29, 1.82) is 0 Å². The van der Waals surface area contributed by atoms with E-state index in [2.05, 4.69) is 12.6 Å². The molecule has 10 heavy (non-hydrogen) atoms. The van der Waals surface area contributed by atoms with Crippen LogP contribution in [0.2, 0.25) is 0 Å². The van der Waals surface area contributed by atoms with Crippen LogP contribution in [0.5, 0.6) is 0 Å². The molecule has 0 heterocycles. The van der Waals surface area contributed by atoms with Gasteiger partial charge in [-0.3, -0.25) is 4.79 Å². The Balaban J connectivity index is 2.37. The Labute approximate surface area is 71.4 Å². The maximum Gasteiger partial charge on any atom is 0.191 e. The van der Waals surface area contributed by atoms with Crippen molar-refractivity contribution in [2.24, 2.45) is 5.92 Å². The summed E-state index contributed by atoms with van der Waals surface area (Å²) in [7, 11) is 0. The second kappa shape index (κ2) is 3.67. The van der Waals surface area contributed by atoms with Crippen molar-refractivity contribution in [3.8, 4) is 0 Å². The fourth-order valence-corrected chi connectivity index (χ4v) is 2.29. The van der Waals surface area contributed by atoms with Crippen LogP contribution >= 0.6 is 24.4 Å². The van der Waals surface area contributed by atoms with Crippen LogP contribution in [0.15, 0.2) is 0 Å². The number of hydrogen-bond donors (Lipinski definition) is 1. The number of carbonyl (C=O) groups excluding carboxylic acids is 1. The minimum Gasteiger partial charge on any atom is -0.287 e. The molecule has 0 saturated heterocycles. The van der Waals surface area contributed by atoms with Crippen molar-refractivity contribution >= 4 is 29.5 Å². The number of carbonyl (C=O) groups is 1. The van der Waals surface area contributed by atoms with Gasteiger partial charge in [0.25, 0.3) is 0 Å². The van der Waals surface area contributed by atoms with Crippen molar-refractivity contribution < 1.29 is 4.79 Å². The summed E-state index contributed by atoms with van der Waals surface area (Å²) < 4.78 is 0. The van der Waals surface area contributed by atoms with Crippen molar-refractivity contribution in [3.63, 3.8) is 0 Å². The van der Waals surface area contributed by atoms with Gasteiger partial charge < -0.3 is 0 Å². The second-order valence-electron chi connectivity index (χ2n) is 2.69. The van der Waals surface area contributed by atoms with E-state index in [0.717, 1.165) is 19.3 Å². The zero-order valence-electron chi connectivity index (χ0n) is 6.04. The molecule has 1 fully saturated rings. The molecule has 0 aliphatic heterocycles. The average molecular weight is 176 g/mol. The van der Waals surface area contributed by atoms with Gasteiger partial charge in [0.1, 0.15) is 0 Å². The highest BCUT2D eigenvalue weighted by Crippen LogP contribution is 2.31. The highest BCUT2D eigenvalue weighted by molar-refractivity contribution is 8.13. The minimum atomic E-state index is 0.303.